The molecule has 1 aromatic carbocycles. The van der Waals surface area contributed by atoms with Crippen molar-refractivity contribution in [1.29, 1.82) is 10.8 Å². The van der Waals surface area contributed by atoms with Gasteiger partial charge < -0.3 is 49.3 Å². The number of nitrogens with two attached hydrogens (primary N) is 4. The molecule has 1 aromatic rings. The number of carbonyl (C=O) groups is 3. The Bertz CT molecular complexity index is 877. The molecule has 0 aliphatic carbocycles. The van der Waals surface area contributed by atoms with Crippen LogP contribution >= 0.6 is 0 Å². The van der Waals surface area contributed by atoms with Crippen LogP contribution in [-0.4, -0.2) is 66.0 Å². The first kappa shape index (κ1) is 29.0. The SMILES string of the molecule is N=C(N)NCCC[C@H](NC(=O)[C@@H](Cc1ccc(O)cc1)NC(=O)[C@@H](N)CCCNC(=N)N)C(N)=O. The van der Waals surface area contributed by atoms with Crippen molar-refractivity contribution >= 4 is 29.6 Å². The van der Waals surface area contributed by atoms with E-state index in [0.29, 0.717) is 31.5 Å². The molecular weight excluding hydrogens is 456 g/mol. The van der Waals surface area contributed by atoms with Crippen LogP contribution in [0.25, 0.3) is 0 Å². The van der Waals surface area contributed by atoms with Crippen LogP contribution in [-0.2, 0) is 20.8 Å². The molecule has 0 bridgehead atoms. The van der Waals surface area contributed by atoms with Gasteiger partial charge in [0, 0.05) is 19.5 Å². The summed E-state index contributed by atoms with van der Waals surface area (Å²) in [5.41, 5.74) is 22.5. The second-order valence-electron chi connectivity index (χ2n) is 7.97. The number of carbonyl (C=O) groups excluding carboxylic acids is 3. The lowest BCUT2D eigenvalue weighted by Crippen LogP contribution is -2.56. The van der Waals surface area contributed by atoms with Gasteiger partial charge in [-0.1, -0.05) is 12.1 Å². The molecule has 194 valence electrons. The monoisotopic (exact) mass is 492 g/mol. The highest BCUT2D eigenvalue weighted by Gasteiger charge is 2.27. The van der Waals surface area contributed by atoms with Gasteiger partial charge in [-0.3, -0.25) is 25.2 Å². The van der Waals surface area contributed by atoms with Gasteiger partial charge in [-0.25, -0.2) is 0 Å². The van der Waals surface area contributed by atoms with E-state index in [9.17, 15) is 19.5 Å². The summed E-state index contributed by atoms with van der Waals surface area (Å²) in [7, 11) is 0. The quantitative estimate of drug-likeness (QED) is 0.0686. The molecule has 3 atom stereocenters. The molecule has 0 saturated heterocycles. The van der Waals surface area contributed by atoms with E-state index in [-0.39, 0.29) is 36.9 Å². The third-order valence-corrected chi connectivity index (χ3v) is 5.00. The lowest BCUT2D eigenvalue weighted by molar-refractivity contribution is -0.131. The van der Waals surface area contributed by atoms with Crippen molar-refractivity contribution in [2.24, 2.45) is 22.9 Å². The minimum atomic E-state index is -1.06. The van der Waals surface area contributed by atoms with Crippen LogP contribution in [0.1, 0.15) is 31.2 Å². The predicted molar refractivity (Wildman–Crippen MR) is 131 cm³/mol. The summed E-state index contributed by atoms with van der Waals surface area (Å²) >= 11 is 0. The van der Waals surface area contributed by atoms with Gasteiger partial charge in [-0.05, 0) is 43.4 Å². The molecule has 0 fully saturated rings. The Morgan fingerprint density at radius 3 is 1.86 bits per heavy atom. The predicted octanol–water partition coefficient (Wildman–Crippen LogP) is -2.76. The van der Waals surface area contributed by atoms with Crippen molar-refractivity contribution in [2.75, 3.05) is 13.1 Å². The number of hydrogen-bond acceptors (Lipinski definition) is 7. The number of phenolic OH excluding ortho intramolecular Hbond substituents is 1. The van der Waals surface area contributed by atoms with Crippen molar-refractivity contribution in [3.63, 3.8) is 0 Å². The van der Waals surface area contributed by atoms with Crippen LogP contribution in [0.2, 0.25) is 0 Å². The molecule has 0 unspecified atom stereocenters. The molecule has 0 aliphatic rings. The number of benzene rings is 1. The largest absolute Gasteiger partial charge is 0.508 e. The minimum absolute atomic E-state index is 0.0490. The number of aromatic hydroxyl groups is 1. The highest BCUT2D eigenvalue weighted by Crippen LogP contribution is 2.12. The lowest BCUT2D eigenvalue weighted by atomic mass is 10.0. The number of guanidine groups is 2. The third kappa shape index (κ3) is 12.1. The van der Waals surface area contributed by atoms with E-state index < -0.39 is 35.8 Å². The second-order valence-corrected chi connectivity index (χ2v) is 7.97. The summed E-state index contributed by atoms with van der Waals surface area (Å²) in [5.74, 6) is -2.28. The zero-order valence-electron chi connectivity index (χ0n) is 19.5. The smallest absolute Gasteiger partial charge is 0.243 e. The van der Waals surface area contributed by atoms with Gasteiger partial charge in [-0.15, -0.1) is 0 Å². The fraction of sp³-hybridized carbons (Fsp3) is 0.476. The van der Waals surface area contributed by atoms with Crippen molar-refractivity contribution in [3.8, 4) is 5.75 Å². The molecule has 3 amide bonds. The zero-order valence-corrected chi connectivity index (χ0v) is 19.5. The van der Waals surface area contributed by atoms with E-state index in [4.69, 9.17) is 33.8 Å². The summed E-state index contributed by atoms with van der Waals surface area (Å²) in [6.07, 6.45) is 1.44. The molecule has 14 heteroatoms. The Morgan fingerprint density at radius 2 is 1.34 bits per heavy atom. The van der Waals surface area contributed by atoms with Crippen molar-refractivity contribution in [2.45, 2.75) is 50.2 Å². The van der Waals surface area contributed by atoms with Crippen LogP contribution < -0.4 is 44.2 Å². The maximum absolute atomic E-state index is 13.0. The molecular formula is C21H36N10O4. The summed E-state index contributed by atoms with van der Waals surface area (Å²) in [6, 6.07) is 3.14. The first-order valence-electron chi connectivity index (χ1n) is 11.1. The summed E-state index contributed by atoms with van der Waals surface area (Å²) in [6.45, 7) is 0.683. The van der Waals surface area contributed by atoms with Crippen LogP contribution in [0, 0.1) is 10.8 Å². The third-order valence-electron chi connectivity index (χ3n) is 5.00. The Hall–Kier alpha value is -4.07. The van der Waals surface area contributed by atoms with E-state index in [1.807, 2.05) is 0 Å². The Morgan fingerprint density at radius 1 is 0.829 bits per heavy atom. The molecule has 14 nitrogen and oxygen atoms in total. The van der Waals surface area contributed by atoms with Crippen molar-refractivity contribution in [1.82, 2.24) is 21.3 Å². The van der Waals surface area contributed by atoms with E-state index in [0.717, 1.165) is 0 Å². The average Bonchev–Trinajstić information content (AvgIpc) is 2.78. The van der Waals surface area contributed by atoms with Gasteiger partial charge in [0.1, 0.15) is 17.8 Å². The molecule has 0 heterocycles. The van der Waals surface area contributed by atoms with Gasteiger partial charge in [0.15, 0.2) is 11.9 Å². The molecule has 0 aromatic heterocycles. The van der Waals surface area contributed by atoms with E-state index in [1.54, 1.807) is 12.1 Å². The molecule has 35 heavy (non-hydrogen) atoms. The standard InChI is InChI=1S/C21H36N10O4/c22-14(3-1-9-28-20(24)25)18(34)31-16(11-12-5-7-13(32)8-6-12)19(35)30-15(17(23)33)4-2-10-29-21(26)27/h5-8,14-16,32H,1-4,9-11,22H2,(H2,23,33)(H,30,35)(H,31,34)(H4,24,25,28)(H4,26,27,29)/t14-,15-,16+/m0/s1. The zero-order chi connectivity index (χ0) is 26.4. The van der Waals surface area contributed by atoms with Gasteiger partial charge in [0.2, 0.25) is 17.7 Å². The molecule has 0 aliphatic heterocycles. The van der Waals surface area contributed by atoms with Crippen LogP contribution in [0.3, 0.4) is 0 Å². The summed E-state index contributed by atoms with van der Waals surface area (Å²) < 4.78 is 0. The average molecular weight is 493 g/mol. The van der Waals surface area contributed by atoms with E-state index >= 15 is 0 Å². The summed E-state index contributed by atoms with van der Waals surface area (Å²) in [5, 5.41) is 34.2. The number of amides is 3. The summed E-state index contributed by atoms with van der Waals surface area (Å²) in [4.78, 5) is 37.5. The maximum Gasteiger partial charge on any atom is 0.243 e. The Labute approximate surface area is 203 Å². The Kier molecular flexibility index (Phi) is 12.4. The fourth-order valence-electron chi connectivity index (χ4n) is 3.12. The van der Waals surface area contributed by atoms with E-state index in [1.165, 1.54) is 12.1 Å². The van der Waals surface area contributed by atoms with Crippen LogP contribution in [0.15, 0.2) is 24.3 Å². The van der Waals surface area contributed by atoms with Crippen molar-refractivity contribution < 1.29 is 19.5 Å². The maximum atomic E-state index is 13.0. The van der Waals surface area contributed by atoms with Gasteiger partial charge in [0.05, 0.1) is 6.04 Å². The molecule has 0 saturated carbocycles. The van der Waals surface area contributed by atoms with E-state index in [2.05, 4.69) is 21.3 Å². The number of hydrogen-bond donors (Lipinski definition) is 11. The Balaban J connectivity index is 2.85. The first-order valence-corrected chi connectivity index (χ1v) is 11.1. The number of nitrogens with one attached hydrogen (secondary N) is 6. The van der Waals surface area contributed by atoms with Crippen molar-refractivity contribution in [3.05, 3.63) is 29.8 Å². The molecule has 0 spiro atoms. The molecule has 1 rings (SSSR count). The fourth-order valence-corrected chi connectivity index (χ4v) is 3.12. The molecule has 15 N–H and O–H groups in total. The normalized spacial score (nSPS) is 13.1. The van der Waals surface area contributed by atoms with Crippen LogP contribution in [0.4, 0.5) is 0 Å². The number of rotatable bonds is 15. The number of phenols is 1. The van der Waals surface area contributed by atoms with Gasteiger partial charge in [-0.2, -0.15) is 0 Å². The van der Waals surface area contributed by atoms with Crippen LogP contribution in [0.5, 0.6) is 5.75 Å². The minimum Gasteiger partial charge on any atom is -0.508 e. The topological polar surface area (TPSA) is 271 Å². The molecule has 0 radical (unpaired) electrons. The number of primary amides is 1. The van der Waals surface area contributed by atoms with Gasteiger partial charge in [0.25, 0.3) is 0 Å². The highest BCUT2D eigenvalue weighted by molar-refractivity contribution is 5.92. The highest BCUT2D eigenvalue weighted by atomic mass is 16.3. The second kappa shape index (κ2) is 15.0. The first-order chi connectivity index (χ1) is 16.5. The van der Waals surface area contributed by atoms with Gasteiger partial charge >= 0.3 is 0 Å². The lowest BCUT2D eigenvalue weighted by Gasteiger charge is -2.23.